The highest BCUT2D eigenvalue weighted by molar-refractivity contribution is 7.89. The maximum absolute atomic E-state index is 13.8. The first-order valence-corrected chi connectivity index (χ1v) is 9.39. The number of nitrogens with one attached hydrogen (secondary N) is 1. The smallest absolute Gasteiger partial charge is 0.410 e. The van der Waals surface area contributed by atoms with Crippen molar-refractivity contribution in [1.29, 1.82) is 0 Å². The van der Waals surface area contributed by atoms with Gasteiger partial charge in [-0.15, -0.1) is 11.6 Å². The molecule has 0 saturated carbocycles. The van der Waals surface area contributed by atoms with E-state index in [1.54, 1.807) is 20.8 Å². The lowest BCUT2D eigenvalue weighted by molar-refractivity contribution is 0.0106. The largest absolute Gasteiger partial charge is 0.444 e. The molecule has 1 aliphatic rings. The fraction of sp³-hybridized carbons (Fsp3) is 0.923. The molecule has 2 atom stereocenters. The van der Waals surface area contributed by atoms with Crippen LogP contribution in [0.25, 0.3) is 0 Å². The van der Waals surface area contributed by atoms with Crippen LogP contribution < -0.4 is 4.72 Å². The van der Waals surface area contributed by atoms with E-state index in [9.17, 15) is 17.6 Å². The highest BCUT2D eigenvalue weighted by atomic mass is 35.5. The lowest BCUT2D eigenvalue weighted by atomic mass is 10.1. The zero-order chi connectivity index (χ0) is 17.0. The monoisotopic (exact) mass is 358 g/mol. The predicted molar refractivity (Wildman–Crippen MR) is 83.4 cm³/mol. The van der Waals surface area contributed by atoms with Crippen LogP contribution in [0.4, 0.5) is 9.18 Å². The molecule has 1 fully saturated rings. The second-order valence-electron chi connectivity index (χ2n) is 6.39. The molecule has 1 N–H and O–H groups in total. The van der Waals surface area contributed by atoms with Gasteiger partial charge in [-0.3, -0.25) is 0 Å². The minimum Gasteiger partial charge on any atom is -0.444 e. The van der Waals surface area contributed by atoms with Gasteiger partial charge < -0.3 is 9.64 Å². The summed E-state index contributed by atoms with van der Waals surface area (Å²) < 4.78 is 45.1. The zero-order valence-electron chi connectivity index (χ0n) is 13.1. The first-order valence-electron chi connectivity index (χ1n) is 7.20. The second kappa shape index (κ2) is 7.79. The number of piperidine rings is 1. The van der Waals surface area contributed by atoms with E-state index >= 15 is 0 Å². The van der Waals surface area contributed by atoms with Crippen molar-refractivity contribution in [2.75, 3.05) is 24.7 Å². The molecule has 0 aromatic carbocycles. The molecule has 1 heterocycles. The summed E-state index contributed by atoms with van der Waals surface area (Å²) in [4.78, 5) is 13.2. The SMILES string of the molecule is CC(C)(C)OC(=O)N1C[C@@H](F)C[C@H](NS(=O)(=O)CCCCl)C1. The fourth-order valence-corrected chi connectivity index (χ4v) is 3.77. The molecular weight excluding hydrogens is 335 g/mol. The van der Waals surface area contributed by atoms with E-state index in [0.29, 0.717) is 6.42 Å². The summed E-state index contributed by atoms with van der Waals surface area (Å²) in [6, 6.07) is -0.656. The Hall–Kier alpha value is -0.600. The molecule has 1 aliphatic heterocycles. The van der Waals surface area contributed by atoms with Gasteiger partial charge in [0.1, 0.15) is 11.8 Å². The summed E-state index contributed by atoms with van der Waals surface area (Å²) in [6.45, 7) is 5.15. The number of amides is 1. The van der Waals surface area contributed by atoms with Gasteiger partial charge in [0.25, 0.3) is 0 Å². The zero-order valence-corrected chi connectivity index (χ0v) is 14.7. The van der Waals surface area contributed by atoms with E-state index in [2.05, 4.69) is 4.72 Å². The van der Waals surface area contributed by atoms with E-state index in [1.165, 1.54) is 4.90 Å². The van der Waals surface area contributed by atoms with Gasteiger partial charge in [-0.1, -0.05) is 0 Å². The van der Waals surface area contributed by atoms with Gasteiger partial charge in [0.2, 0.25) is 10.0 Å². The van der Waals surface area contributed by atoms with E-state index in [-0.39, 0.29) is 31.1 Å². The van der Waals surface area contributed by atoms with Gasteiger partial charge in [-0.05, 0) is 33.6 Å². The highest BCUT2D eigenvalue weighted by Gasteiger charge is 2.34. The standard InChI is InChI=1S/C13H24ClFN2O4S/c1-13(2,3)21-12(18)17-8-10(15)7-11(9-17)16-22(19,20)6-4-5-14/h10-11,16H,4-9H2,1-3H3/t10-,11-/m0/s1. The number of nitrogens with zero attached hydrogens (tertiary/aromatic N) is 1. The van der Waals surface area contributed by atoms with Crippen molar-refractivity contribution in [2.24, 2.45) is 0 Å². The van der Waals surface area contributed by atoms with Crippen molar-refractivity contribution in [3.8, 4) is 0 Å². The third-order valence-corrected chi connectivity index (χ3v) is 4.73. The summed E-state index contributed by atoms with van der Waals surface area (Å²) in [5.74, 6) is 0.123. The van der Waals surface area contributed by atoms with Crippen molar-refractivity contribution < 1.29 is 22.3 Å². The summed E-state index contributed by atoms with van der Waals surface area (Å²) in [6.07, 6.45) is -1.57. The third kappa shape index (κ3) is 7.11. The van der Waals surface area contributed by atoms with E-state index in [1.807, 2.05) is 0 Å². The maximum Gasteiger partial charge on any atom is 0.410 e. The quantitative estimate of drug-likeness (QED) is 0.761. The number of hydrogen-bond acceptors (Lipinski definition) is 4. The molecule has 1 amide bonds. The number of alkyl halides is 2. The Balaban J connectivity index is 2.65. The molecule has 6 nitrogen and oxygen atoms in total. The molecule has 1 rings (SSSR count). The van der Waals surface area contributed by atoms with Crippen LogP contribution in [0.15, 0.2) is 0 Å². The van der Waals surface area contributed by atoms with Gasteiger partial charge in [0.15, 0.2) is 0 Å². The van der Waals surface area contributed by atoms with E-state index < -0.39 is 33.9 Å². The topological polar surface area (TPSA) is 75.7 Å². The number of ether oxygens (including phenoxy) is 1. The minimum atomic E-state index is -3.53. The fourth-order valence-electron chi connectivity index (χ4n) is 2.16. The van der Waals surface area contributed by atoms with Gasteiger partial charge in [0, 0.05) is 18.5 Å². The summed E-state index contributed by atoms with van der Waals surface area (Å²) >= 11 is 5.48. The Kier molecular flexibility index (Phi) is 6.88. The van der Waals surface area contributed by atoms with Crippen LogP contribution in [0, 0.1) is 0 Å². The first kappa shape index (κ1) is 19.4. The van der Waals surface area contributed by atoms with Crippen LogP contribution in [0.1, 0.15) is 33.6 Å². The Morgan fingerprint density at radius 2 is 2.05 bits per heavy atom. The molecule has 0 aromatic rings. The molecule has 1 saturated heterocycles. The van der Waals surface area contributed by atoms with Crippen molar-refractivity contribution in [1.82, 2.24) is 9.62 Å². The van der Waals surface area contributed by atoms with Crippen molar-refractivity contribution >= 4 is 27.7 Å². The molecule has 0 unspecified atom stereocenters. The van der Waals surface area contributed by atoms with Gasteiger partial charge in [-0.2, -0.15) is 0 Å². The molecule has 0 spiro atoms. The molecule has 0 radical (unpaired) electrons. The molecule has 0 aliphatic carbocycles. The summed E-state index contributed by atoms with van der Waals surface area (Å²) in [5.41, 5.74) is -0.685. The Morgan fingerprint density at radius 1 is 1.41 bits per heavy atom. The molecule has 130 valence electrons. The van der Waals surface area contributed by atoms with Crippen molar-refractivity contribution in [3.05, 3.63) is 0 Å². The average Bonchev–Trinajstić information content (AvgIpc) is 2.33. The first-order chi connectivity index (χ1) is 10.0. The number of rotatable bonds is 5. The average molecular weight is 359 g/mol. The highest BCUT2D eigenvalue weighted by Crippen LogP contribution is 2.18. The Morgan fingerprint density at radius 3 is 2.59 bits per heavy atom. The molecule has 0 bridgehead atoms. The number of likely N-dealkylation sites (tertiary alicyclic amines) is 1. The maximum atomic E-state index is 13.8. The van der Waals surface area contributed by atoms with Crippen molar-refractivity contribution in [2.45, 2.75) is 51.4 Å². The van der Waals surface area contributed by atoms with Crippen LogP contribution in [0.2, 0.25) is 0 Å². The second-order valence-corrected chi connectivity index (χ2v) is 8.65. The van der Waals surface area contributed by atoms with Gasteiger partial charge >= 0.3 is 6.09 Å². The van der Waals surface area contributed by atoms with Gasteiger partial charge in [-0.25, -0.2) is 22.3 Å². The number of carbonyl (C=O) groups excluding carboxylic acids is 1. The molecular formula is C13H24ClFN2O4S. The van der Waals surface area contributed by atoms with Crippen LogP contribution in [0.3, 0.4) is 0 Å². The molecule has 0 aromatic heterocycles. The Bertz CT molecular complexity index is 481. The Labute approximate surface area is 136 Å². The number of halogens is 2. The minimum absolute atomic E-state index is 0.0411. The third-order valence-electron chi connectivity index (χ3n) is 2.94. The number of sulfonamides is 1. The summed E-state index contributed by atoms with van der Waals surface area (Å²) in [5, 5.41) is 0. The molecule has 9 heteroatoms. The van der Waals surface area contributed by atoms with Crippen LogP contribution >= 0.6 is 11.6 Å². The lowest BCUT2D eigenvalue weighted by Crippen LogP contribution is -2.54. The van der Waals surface area contributed by atoms with E-state index in [0.717, 1.165) is 0 Å². The summed E-state index contributed by atoms with van der Waals surface area (Å²) in [7, 11) is -3.53. The predicted octanol–water partition coefficient (Wildman–Crippen LogP) is 1.88. The van der Waals surface area contributed by atoms with Crippen LogP contribution in [0.5, 0.6) is 0 Å². The number of hydrogen-bond donors (Lipinski definition) is 1. The molecule has 22 heavy (non-hydrogen) atoms. The van der Waals surface area contributed by atoms with Crippen molar-refractivity contribution in [3.63, 3.8) is 0 Å². The van der Waals surface area contributed by atoms with E-state index in [4.69, 9.17) is 16.3 Å². The van der Waals surface area contributed by atoms with Crippen LogP contribution in [-0.2, 0) is 14.8 Å². The number of carbonyl (C=O) groups is 1. The normalized spacial score (nSPS) is 23.4. The van der Waals surface area contributed by atoms with Crippen LogP contribution in [-0.4, -0.2) is 61.9 Å². The van der Waals surface area contributed by atoms with Gasteiger partial charge in [0.05, 0.1) is 12.3 Å². The lowest BCUT2D eigenvalue weighted by Gasteiger charge is -2.35.